The Bertz CT molecular complexity index is 311. The van der Waals surface area contributed by atoms with Gasteiger partial charge in [0.1, 0.15) is 5.75 Å². The Hall–Kier alpha value is -1.24. The minimum atomic E-state index is 0.366. The van der Waals surface area contributed by atoms with Crippen molar-refractivity contribution in [3.63, 3.8) is 0 Å². The van der Waals surface area contributed by atoms with Crippen LogP contribution in [0.1, 0.15) is 25.0 Å². The Balaban J connectivity index is 3.18. The summed E-state index contributed by atoms with van der Waals surface area (Å²) in [6, 6.07) is 5.73. The van der Waals surface area contributed by atoms with Crippen molar-refractivity contribution < 1.29 is 5.11 Å². The zero-order chi connectivity index (χ0) is 9.14. The number of benzene rings is 1. The highest BCUT2D eigenvalue weighted by Gasteiger charge is 2.01. The van der Waals surface area contributed by atoms with Gasteiger partial charge in [-0.15, -0.1) is 0 Å². The molecule has 0 aliphatic carbocycles. The summed E-state index contributed by atoms with van der Waals surface area (Å²) in [5.74, 6) is 0.366. The van der Waals surface area contributed by atoms with Crippen molar-refractivity contribution >= 4 is 5.57 Å². The SMILES string of the molecule is C/C=C(/C)c1ccc(C)cc1O. The number of aryl methyl sites for hydroxylation is 1. The standard InChI is InChI=1S/C11H14O/c1-4-9(3)10-6-5-8(2)7-11(10)12/h4-7,12H,1-3H3/b9-4-. The minimum Gasteiger partial charge on any atom is -0.507 e. The highest BCUT2D eigenvalue weighted by molar-refractivity contribution is 5.68. The van der Waals surface area contributed by atoms with Gasteiger partial charge in [-0.25, -0.2) is 0 Å². The van der Waals surface area contributed by atoms with E-state index in [1.54, 1.807) is 6.07 Å². The Morgan fingerprint density at radius 2 is 2.08 bits per heavy atom. The maximum absolute atomic E-state index is 9.55. The van der Waals surface area contributed by atoms with Gasteiger partial charge in [0.2, 0.25) is 0 Å². The summed E-state index contributed by atoms with van der Waals surface area (Å²) in [7, 11) is 0. The minimum absolute atomic E-state index is 0.366. The quantitative estimate of drug-likeness (QED) is 0.672. The van der Waals surface area contributed by atoms with Crippen LogP contribution < -0.4 is 0 Å². The number of phenols is 1. The molecule has 0 bridgehead atoms. The molecular weight excluding hydrogens is 148 g/mol. The van der Waals surface area contributed by atoms with Gasteiger partial charge in [0.05, 0.1) is 0 Å². The predicted octanol–water partition coefficient (Wildman–Crippen LogP) is 3.12. The maximum atomic E-state index is 9.55. The molecule has 12 heavy (non-hydrogen) atoms. The molecule has 0 aromatic heterocycles. The molecular formula is C11H14O. The Morgan fingerprint density at radius 3 is 2.58 bits per heavy atom. The predicted molar refractivity (Wildman–Crippen MR) is 52.2 cm³/mol. The lowest BCUT2D eigenvalue weighted by molar-refractivity contribution is 0.473. The lowest BCUT2D eigenvalue weighted by Gasteiger charge is -2.04. The van der Waals surface area contributed by atoms with E-state index in [1.165, 1.54) is 0 Å². The second-order valence-electron chi connectivity index (χ2n) is 2.99. The van der Waals surface area contributed by atoms with E-state index < -0.39 is 0 Å². The van der Waals surface area contributed by atoms with Crippen LogP contribution >= 0.6 is 0 Å². The van der Waals surface area contributed by atoms with Gasteiger partial charge in [0.15, 0.2) is 0 Å². The van der Waals surface area contributed by atoms with Gasteiger partial charge in [-0.3, -0.25) is 0 Å². The van der Waals surface area contributed by atoms with Gasteiger partial charge in [0, 0.05) is 5.56 Å². The van der Waals surface area contributed by atoms with Crippen molar-refractivity contribution in [1.82, 2.24) is 0 Å². The molecule has 1 rings (SSSR count). The summed E-state index contributed by atoms with van der Waals surface area (Å²) in [4.78, 5) is 0. The van der Waals surface area contributed by atoms with Crippen LogP contribution in [0.25, 0.3) is 5.57 Å². The van der Waals surface area contributed by atoms with E-state index in [2.05, 4.69) is 0 Å². The van der Waals surface area contributed by atoms with E-state index in [0.717, 1.165) is 16.7 Å². The molecule has 1 nitrogen and oxygen atoms in total. The monoisotopic (exact) mass is 162 g/mol. The molecule has 1 aromatic carbocycles. The highest BCUT2D eigenvalue weighted by Crippen LogP contribution is 2.25. The fourth-order valence-electron chi connectivity index (χ4n) is 1.13. The van der Waals surface area contributed by atoms with Crippen LogP contribution in [0.4, 0.5) is 0 Å². The van der Waals surface area contributed by atoms with Crippen LogP contribution in [-0.2, 0) is 0 Å². The summed E-state index contributed by atoms with van der Waals surface area (Å²) >= 11 is 0. The smallest absolute Gasteiger partial charge is 0.123 e. The van der Waals surface area contributed by atoms with E-state index in [1.807, 2.05) is 39.0 Å². The highest BCUT2D eigenvalue weighted by atomic mass is 16.3. The van der Waals surface area contributed by atoms with Gasteiger partial charge in [-0.2, -0.15) is 0 Å². The molecule has 1 N–H and O–H groups in total. The number of hydrogen-bond donors (Lipinski definition) is 1. The van der Waals surface area contributed by atoms with Crippen LogP contribution in [0.5, 0.6) is 5.75 Å². The molecule has 0 aliphatic rings. The molecule has 64 valence electrons. The molecule has 0 saturated heterocycles. The lowest BCUT2D eigenvalue weighted by atomic mass is 10.0. The summed E-state index contributed by atoms with van der Waals surface area (Å²) in [6.07, 6.45) is 1.99. The first kappa shape index (κ1) is 8.85. The average Bonchev–Trinajstić information content (AvgIpc) is 2.03. The number of phenolic OH excluding ortho intramolecular Hbond substituents is 1. The van der Waals surface area contributed by atoms with Gasteiger partial charge >= 0.3 is 0 Å². The molecule has 0 atom stereocenters. The van der Waals surface area contributed by atoms with Gasteiger partial charge in [-0.1, -0.05) is 18.2 Å². The van der Waals surface area contributed by atoms with Crippen LogP contribution in [0.3, 0.4) is 0 Å². The van der Waals surface area contributed by atoms with Crippen LogP contribution in [0.2, 0.25) is 0 Å². The van der Waals surface area contributed by atoms with Crippen molar-refractivity contribution in [3.8, 4) is 5.75 Å². The van der Waals surface area contributed by atoms with E-state index in [4.69, 9.17) is 0 Å². The third-order valence-corrected chi connectivity index (χ3v) is 2.01. The summed E-state index contributed by atoms with van der Waals surface area (Å²) in [5, 5.41) is 9.55. The van der Waals surface area contributed by atoms with Crippen LogP contribution in [0.15, 0.2) is 24.3 Å². The molecule has 1 heteroatoms. The van der Waals surface area contributed by atoms with Crippen molar-refractivity contribution in [2.24, 2.45) is 0 Å². The molecule has 0 aliphatic heterocycles. The molecule has 0 saturated carbocycles. The van der Waals surface area contributed by atoms with E-state index >= 15 is 0 Å². The Morgan fingerprint density at radius 1 is 1.42 bits per heavy atom. The zero-order valence-corrected chi connectivity index (χ0v) is 7.76. The Kier molecular flexibility index (Phi) is 2.54. The first-order valence-corrected chi connectivity index (χ1v) is 4.08. The van der Waals surface area contributed by atoms with Crippen LogP contribution in [0, 0.1) is 6.92 Å². The topological polar surface area (TPSA) is 20.2 Å². The summed E-state index contributed by atoms with van der Waals surface area (Å²) < 4.78 is 0. The molecule has 0 heterocycles. The maximum Gasteiger partial charge on any atom is 0.123 e. The second-order valence-corrected chi connectivity index (χ2v) is 2.99. The zero-order valence-electron chi connectivity index (χ0n) is 7.76. The van der Waals surface area contributed by atoms with Crippen molar-refractivity contribution in [3.05, 3.63) is 35.4 Å². The Labute approximate surface area is 73.4 Å². The summed E-state index contributed by atoms with van der Waals surface area (Å²) in [5.41, 5.74) is 3.11. The van der Waals surface area contributed by atoms with Crippen LogP contribution in [-0.4, -0.2) is 5.11 Å². The number of rotatable bonds is 1. The fourth-order valence-corrected chi connectivity index (χ4v) is 1.13. The largest absolute Gasteiger partial charge is 0.507 e. The summed E-state index contributed by atoms with van der Waals surface area (Å²) in [6.45, 7) is 5.92. The molecule has 0 radical (unpaired) electrons. The van der Waals surface area contributed by atoms with Crippen molar-refractivity contribution in [2.45, 2.75) is 20.8 Å². The molecule has 1 aromatic rings. The van der Waals surface area contributed by atoms with Crippen molar-refractivity contribution in [1.29, 1.82) is 0 Å². The third-order valence-electron chi connectivity index (χ3n) is 2.01. The molecule has 0 unspecified atom stereocenters. The van der Waals surface area contributed by atoms with Gasteiger partial charge in [-0.05, 0) is 38.0 Å². The fraction of sp³-hybridized carbons (Fsp3) is 0.273. The first-order valence-electron chi connectivity index (χ1n) is 4.08. The lowest BCUT2D eigenvalue weighted by Crippen LogP contribution is -1.81. The van der Waals surface area contributed by atoms with Crippen molar-refractivity contribution in [2.75, 3.05) is 0 Å². The molecule has 0 spiro atoms. The number of allylic oxidation sites excluding steroid dienone is 2. The van der Waals surface area contributed by atoms with Gasteiger partial charge < -0.3 is 5.11 Å². The molecule has 0 fully saturated rings. The molecule has 0 amide bonds. The second kappa shape index (κ2) is 3.44. The number of hydrogen-bond acceptors (Lipinski definition) is 1. The number of aromatic hydroxyl groups is 1. The average molecular weight is 162 g/mol. The van der Waals surface area contributed by atoms with E-state index in [0.29, 0.717) is 5.75 Å². The first-order chi connectivity index (χ1) is 5.65. The van der Waals surface area contributed by atoms with Gasteiger partial charge in [0.25, 0.3) is 0 Å². The third kappa shape index (κ3) is 1.67. The van der Waals surface area contributed by atoms with E-state index in [9.17, 15) is 5.11 Å². The van der Waals surface area contributed by atoms with E-state index in [-0.39, 0.29) is 0 Å². The normalized spacial score (nSPS) is 11.8.